The minimum atomic E-state index is -3.71. The fourth-order valence-corrected chi connectivity index (χ4v) is 4.07. The lowest BCUT2D eigenvalue weighted by Crippen LogP contribution is -2.26. The molecule has 120 valence electrons. The summed E-state index contributed by atoms with van der Waals surface area (Å²) in [6.07, 6.45) is 0. The van der Waals surface area contributed by atoms with Crippen molar-refractivity contribution in [1.29, 1.82) is 0 Å². The number of rotatable bonds is 6. The van der Waals surface area contributed by atoms with Crippen LogP contribution in [0.5, 0.6) is 5.75 Å². The molecule has 0 saturated heterocycles. The Labute approximate surface area is 136 Å². The monoisotopic (exact) mass is 390 g/mol. The Morgan fingerprint density at radius 1 is 1.18 bits per heavy atom. The first-order valence-corrected chi connectivity index (χ1v) is 8.99. The molecule has 2 aromatic rings. The van der Waals surface area contributed by atoms with E-state index >= 15 is 0 Å². The second-order valence-electron chi connectivity index (χ2n) is 4.28. The van der Waals surface area contributed by atoms with Crippen molar-refractivity contribution in [2.24, 2.45) is 0 Å². The largest absolute Gasteiger partial charge is 0.493 e. The van der Waals surface area contributed by atoms with Gasteiger partial charge in [-0.1, -0.05) is 15.9 Å². The van der Waals surface area contributed by atoms with Gasteiger partial charge in [-0.2, -0.15) is 0 Å². The second kappa shape index (κ2) is 6.96. The lowest BCUT2D eigenvalue weighted by molar-refractivity contribution is 0.229. The van der Waals surface area contributed by atoms with Gasteiger partial charge in [0.1, 0.15) is 0 Å². The number of halogens is 1. The minimum Gasteiger partial charge on any atom is -0.493 e. The zero-order valence-corrected chi connectivity index (χ0v) is 14.9. The number of methoxy groups -OCH3 is 1. The summed E-state index contributed by atoms with van der Waals surface area (Å²) < 4.78 is 34.4. The van der Waals surface area contributed by atoms with E-state index in [1.165, 1.54) is 13.2 Å². The molecule has 0 unspecified atom stereocenters. The first-order valence-electron chi connectivity index (χ1n) is 6.66. The van der Waals surface area contributed by atoms with Gasteiger partial charge in [-0.05, 0) is 32.0 Å². The average molecular weight is 391 g/mol. The number of benzene rings is 1. The quantitative estimate of drug-likeness (QED) is 0.555. The normalized spacial score (nSPS) is 11.8. The molecule has 0 amide bonds. The third-order valence-electron chi connectivity index (χ3n) is 2.86. The van der Waals surface area contributed by atoms with Crippen molar-refractivity contribution in [3.8, 4) is 5.75 Å². The number of hydrogen-bond donors (Lipinski definition) is 0. The molecular weight excluding hydrogens is 375 g/mol. The van der Waals surface area contributed by atoms with E-state index in [2.05, 4.69) is 15.9 Å². The van der Waals surface area contributed by atoms with Crippen LogP contribution in [-0.4, -0.2) is 20.3 Å². The van der Waals surface area contributed by atoms with Crippen LogP contribution in [0, 0.1) is 0 Å². The van der Waals surface area contributed by atoms with Gasteiger partial charge in [0.05, 0.1) is 20.3 Å². The molecule has 0 atom stereocenters. The third-order valence-corrected chi connectivity index (χ3v) is 5.41. The van der Waals surface area contributed by atoms with Crippen molar-refractivity contribution in [1.82, 2.24) is 0 Å². The number of ether oxygens (including phenoxy) is 1. The van der Waals surface area contributed by atoms with Gasteiger partial charge in [0.2, 0.25) is 0 Å². The van der Waals surface area contributed by atoms with Crippen molar-refractivity contribution in [3.05, 3.63) is 33.1 Å². The smallest absolute Gasteiger partial charge is 0.368 e. The highest BCUT2D eigenvalue weighted by atomic mass is 79.9. The summed E-state index contributed by atoms with van der Waals surface area (Å²) >= 11 is 3.35. The highest BCUT2D eigenvalue weighted by molar-refractivity contribution is 9.10. The van der Waals surface area contributed by atoms with Crippen molar-refractivity contribution in [3.63, 3.8) is 0 Å². The van der Waals surface area contributed by atoms with Crippen LogP contribution in [0.15, 0.2) is 31.9 Å². The van der Waals surface area contributed by atoms with Gasteiger partial charge in [0.25, 0.3) is 0 Å². The second-order valence-corrected chi connectivity index (χ2v) is 7.19. The Morgan fingerprint density at radius 2 is 1.82 bits per heavy atom. The maximum Gasteiger partial charge on any atom is 0.368 e. The van der Waals surface area contributed by atoms with Crippen LogP contribution in [0.4, 0.5) is 0 Å². The van der Waals surface area contributed by atoms with E-state index in [0.717, 1.165) is 4.47 Å². The molecule has 22 heavy (non-hydrogen) atoms. The van der Waals surface area contributed by atoms with Gasteiger partial charge in [0.15, 0.2) is 16.6 Å². The molecule has 0 aliphatic rings. The molecule has 0 bridgehead atoms. The maximum absolute atomic E-state index is 12.8. The van der Waals surface area contributed by atoms with E-state index in [1.807, 2.05) is 0 Å². The molecule has 0 aliphatic carbocycles. The topological polar surface area (TPSA) is 75.0 Å². The summed E-state index contributed by atoms with van der Waals surface area (Å²) in [6.45, 7) is 3.65. The Hall–Kier alpha value is -1.14. The van der Waals surface area contributed by atoms with Crippen molar-refractivity contribution < 1.29 is 22.8 Å². The molecule has 0 radical (unpaired) electrons. The van der Waals surface area contributed by atoms with Crippen LogP contribution in [0.1, 0.15) is 13.8 Å². The molecule has 1 aromatic heterocycles. The molecule has 0 aliphatic heterocycles. The van der Waals surface area contributed by atoms with Crippen molar-refractivity contribution >= 4 is 39.8 Å². The molecule has 6 nitrogen and oxygen atoms in total. The predicted octanol–water partition coefficient (Wildman–Crippen LogP) is 3.46. The first kappa shape index (κ1) is 17.2. The fraction of sp³-hybridized carbons (Fsp3) is 0.357. The summed E-state index contributed by atoms with van der Waals surface area (Å²) in [7, 11) is -2.24. The van der Waals surface area contributed by atoms with E-state index in [9.17, 15) is 9.36 Å². The summed E-state index contributed by atoms with van der Waals surface area (Å²) in [5.41, 5.74) is -0.489. The lowest BCUT2D eigenvalue weighted by atomic mass is 10.2. The SMILES string of the molecule is CCOP(=O)(OCC)c1cc2cc(Br)cc(OC)c2oc1=O. The van der Waals surface area contributed by atoms with Crippen LogP contribution < -0.4 is 15.7 Å². The Bertz CT molecular complexity index is 775. The molecule has 0 fully saturated rings. The molecular formula is C14H16BrO6P. The molecule has 8 heteroatoms. The third kappa shape index (κ3) is 3.27. The van der Waals surface area contributed by atoms with E-state index in [4.69, 9.17) is 18.2 Å². The van der Waals surface area contributed by atoms with E-state index in [-0.39, 0.29) is 24.1 Å². The Balaban J connectivity index is 2.73. The number of hydrogen-bond acceptors (Lipinski definition) is 6. The Morgan fingerprint density at radius 3 is 2.36 bits per heavy atom. The lowest BCUT2D eigenvalue weighted by Gasteiger charge is -2.16. The molecule has 0 N–H and O–H groups in total. The van der Waals surface area contributed by atoms with E-state index in [0.29, 0.717) is 11.1 Å². The van der Waals surface area contributed by atoms with Gasteiger partial charge < -0.3 is 18.2 Å². The van der Waals surface area contributed by atoms with Crippen LogP contribution in [0.25, 0.3) is 11.0 Å². The molecule has 0 spiro atoms. The highest BCUT2D eigenvalue weighted by Crippen LogP contribution is 2.46. The van der Waals surface area contributed by atoms with E-state index < -0.39 is 13.2 Å². The fourth-order valence-electron chi connectivity index (χ4n) is 2.02. The zero-order valence-electron chi connectivity index (χ0n) is 12.4. The van der Waals surface area contributed by atoms with Crippen LogP contribution in [0.3, 0.4) is 0 Å². The summed E-state index contributed by atoms with van der Waals surface area (Å²) in [5, 5.41) is 0.435. The van der Waals surface area contributed by atoms with Crippen molar-refractivity contribution in [2.45, 2.75) is 13.8 Å². The highest BCUT2D eigenvalue weighted by Gasteiger charge is 2.32. The average Bonchev–Trinajstić information content (AvgIpc) is 2.46. The summed E-state index contributed by atoms with van der Waals surface area (Å²) in [5.74, 6) is 0.399. The number of fused-ring (bicyclic) bond motifs is 1. The summed E-state index contributed by atoms with van der Waals surface area (Å²) in [4.78, 5) is 12.2. The van der Waals surface area contributed by atoms with Crippen LogP contribution in [-0.2, 0) is 13.6 Å². The van der Waals surface area contributed by atoms with Gasteiger partial charge in [-0.3, -0.25) is 4.57 Å². The van der Waals surface area contributed by atoms with Gasteiger partial charge in [-0.25, -0.2) is 4.79 Å². The standard InChI is InChI=1S/C14H16BrO6P/c1-4-19-22(17,20-5-2)12-7-9-6-10(15)8-11(18-3)13(9)21-14(12)16/h6-8H,4-5H2,1-3H3. The van der Waals surface area contributed by atoms with Crippen molar-refractivity contribution in [2.75, 3.05) is 20.3 Å². The van der Waals surface area contributed by atoms with Crippen LogP contribution in [0.2, 0.25) is 0 Å². The zero-order chi connectivity index (χ0) is 16.3. The molecule has 0 saturated carbocycles. The van der Waals surface area contributed by atoms with E-state index in [1.54, 1.807) is 26.0 Å². The predicted molar refractivity (Wildman–Crippen MR) is 87.2 cm³/mol. The van der Waals surface area contributed by atoms with Gasteiger partial charge in [-0.15, -0.1) is 0 Å². The molecule has 1 aromatic carbocycles. The Kier molecular flexibility index (Phi) is 5.45. The molecule has 1 heterocycles. The van der Waals surface area contributed by atoms with Gasteiger partial charge >= 0.3 is 13.2 Å². The maximum atomic E-state index is 12.8. The first-order chi connectivity index (χ1) is 10.4. The minimum absolute atomic E-state index is 0.121. The van der Waals surface area contributed by atoms with Crippen LogP contribution >= 0.6 is 23.5 Å². The molecule has 2 rings (SSSR count). The van der Waals surface area contributed by atoms with Gasteiger partial charge in [0, 0.05) is 9.86 Å². The summed E-state index contributed by atoms with van der Waals surface area (Å²) in [6, 6.07) is 4.86.